The standard InChI is InChI=1S/C24H22Br2O2/c1-17(2)22-16-21(11-12-23(22)27-14-13-24(25)26)28-20-10-6-9-19(15-20)18-7-4-3-5-8-18/h3-13,15-17H,14H2,1-2H3. The monoisotopic (exact) mass is 500 g/mol. The van der Waals surface area contributed by atoms with Gasteiger partial charge >= 0.3 is 0 Å². The first-order valence-corrected chi connectivity index (χ1v) is 10.7. The molecule has 0 heterocycles. The Morgan fingerprint density at radius 3 is 2.29 bits per heavy atom. The van der Waals surface area contributed by atoms with Gasteiger partial charge < -0.3 is 9.47 Å². The number of benzene rings is 3. The minimum Gasteiger partial charge on any atom is -0.489 e. The van der Waals surface area contributed by atoms with Crippen LogP contribution in [-0.4, -0.2) is 6.61 Å². The Hall–Kier alpha value is -2.04. The summed E-state index contributed by atoms with van der Waals surface area (Å²) in [5.41, 5.74) is 3.43. The van der Waals surface area contributed by atoms with E-state index in [1.54, 1.807) is 0 Å². The Kier molecular flexibility index (Phi) is 7.35. The van der Waals surface area contributed by atoms with Gasteiger partial charge in [0.1, 0.15) is 23.9 Å². The van der Waals surface area contributed by atoms with Crippen molar-refractivity contribution in [3.8, 4) is 28.4 Å². The molecule has 4 heteroatoms. The molecule has 0 saturated carbocycles. The SMILES string of the molecule is CC(C)c1cc(Oc2cccc(-c3ccccc3)c2)ccc1OCC=C(Br)Br. The second-order valence-electron chi connectivity index (χ2n) is 6.66. The summed E-state index contributed by atoms with van der Waals surface area (Å²) in [5.74, 6) is 2.82. The Morgan fingerprint density at radius 1 is 0.857 bits per heavy atom. The van der Waals surface area contributed by atoms with E-state index in [4.69, 9.17) is 9.47 Å². The van der Waals surface area contributed by atoms with Crippen LogP contribution in [0.1, 0.15) is 25.3 Å². The van der Waals surface area contributed by atoms with Gasteiger partial charge in [0.2, 0.25) is 0 Å². The minimum atomic E-state index is 0.325. The molecular formula is C24H22Br2O2. The van der Waals surface area contributed by atoms with Crippen molar-refractivity contribution in [3.05, 3.63) is 87.8 Å². The number of rotatable bonds is 7. The molecule has 0 unspecified atom stereocenters. The van der Waals surface area contributed by atoms with E-state index in [1.165, 1.54) is 5.56 Å². The van der Waals surface area contributed by atoms with E-state index in [0.29, 0.717) is 12.5 Å². The molecule has 0 spiro atoms. The van der Waals surface area contributed by atoms with Gasteiger partial charge in [0.05, 0.1) is 3.39 Å². The van der Waals surface area contributed by atoms with Crippen molar-refractivity contribution in [2.24, 2.45) is 0 Å². The van der Waals surface area contributed by atoms with Crippen LogP contribution < -0.4 is 9.47 Å². The van der Waals surface area contributed by atoms with Crippen LogP contribution in [0, 0.1) is 0 Å². The van der Waals surface area contributed by atoms with E-state index >= 15 is 0 Å². The van der Waals surface area contributed by atoms with Crippen molar-refractivity contribution < 1.29 is 9.47 Å². The Balaban J connectivity index is 1.81. The fraction of sp³-hybridized carbons (Fsp3) is 0.167. The van der Waals surface area contributed by atoms with Crippen LogP contribution in [0.3, 0.4) is 0 Å². The predicted molar refractivity (Wildman–Crippen MR) is 124 cm³/mol. The average molecular weight is 502 g/mol. The van der Waals surface area contributed by atoms with Crippen LogP contribution in [0.25, 0.3) is 11.1 Å². The second-order valence-corrected chi connectivity index (χ2v) is 9.43. The van der Waals surface area contributed by atoms with Gasteiger partial charge in [-0.25, -0.2) is 0 Å². The lowest BCUT2D eigenvalue weighted by atomic mass is 10.0. The summed E-state index contributed by atoms with van der Waals surface area (Å²) in [4.78, 5) is 0. The number of ether oxygens (including phenoxy) is 2. The third kappa shape index (κ3) is 5.73. The number of hydrogen-bond donors (Lipinski definition) is 0. The van der Waals surface area contributed by atoms with Crippen molar-refractivity contribution in [2.45, 2.75) is 19.8 Å². The molecule has 144 valence electrons. The Bertz CT molecular complexity index is 946. The topological polar surface area (TPSA) is 18.5 Å². The summed E-state index contributed by atoms with van der Waals surface area (Å²) in [5, 5.41) is 0. The third-order valence-electron chi connectivity index (χ3n) is 4.26. The fourth-order valence-electron chi connectivity index (χ4n) is 2.87. The third-order valence-corrected chi connectivity index (χ3v) is 4.90. The summed E-state index contributed by atoms with van der Waals surface area (Å²) in [6.07, 6.45) is 1.92. The fourth-order valence-corrected chi connectivity index (χ4v) is 3.14. The summed E-state index contributed by atoms with van der Waals surface area (Å²) < 4.78 is 12.9. The second kappa shape index (κ2) is 9.94. The van der Waals surface area contributed by atoms with Gasteiger partial charge in [0.25, 0.3) is 0 Å². The van der Waals surface area contributed by atoms with Crippen LogP contribution in [0.2, 0.25) is 0 Å². The predicted octanol–water partition coefficient (Wildman–Crippen LogP) is 8.28. The lowest BCUT2D eigenvalue weighted by molar-refractivity contribution is 0.356. The van der Waals surface area contributed by atoms with Crippen LogP contribution in [-0.2, 0) is 0 Å². The maximum Gasteiger partial charge on any atom is 0.128 e. The molecule has 0 bridgehead atoms. The highest BCUT2D eigenvalue weighted by atomic mass is 79.9. The highest BCUT2D eigenvalue weighted by Gasteiger charge is 2.11. The number of hydrogen-bond acceptors (Lipinski definition) is 2. The minimum absolute atomic E-state index is 0.325. The van der Waals surface area contributed by atoms with Crippen molar-refractivity contribution in [1.29, 1.82) is 0 Å². The quantitative estimate of drug-likeness (QED) is 0.324. The van der Waals surface area contributed by atoms with E-state index in [0.717, 1.165) is 31.8 Å². The largest absolute Gasteiger partial charge is 0.489 e. The van der Waals surface area contributed by atoms with E-state index in [9.17, 15) is 0 Å². The van der Waals surface area contributed by atoms with E-state index < -0.39 is 0 Å². The molecule has 0 amide bonds. The molecule has 0 fully saturated rings. The van der Waals surface area contributed by atoms with Gasteiger partial charge in [0, 0.05) is 5.56 Å². The average Bonchev–Trinajstić information content (AvgIpc) is 2.69. The molecule has 0 aliphatic rings. The smallest absolute Gasteiger partial charge is 0.128 e. The van der Waals surface area contributed by atoms with Crippen LogP contribution in [0.15, 0.2) is 82.3 Å². The summed E-state index contributed by atoms with van der Waals surface area (Å²) in [7, 11) is 0. The highest BCUT2D eigenvalue weighted by molar-refractivity contribution is 9.28. The normalized spacial score (nSPS) is 10.6. The molecule has 0 radical (unpaired) electrons. The van der Waals surface area contributed by atoms with Gasteiger partial charge in [-0.2, -0.15) is 0 Å². The zero-order chi connectivity index (χ0) is 19.9. The summed E-state index contributed by atoms with van der Waals surface area (Å²) in [6.45, 7) is 4.79. The molecule has 2 nitrogen and oxygen atoms in total. The first kappa shape index (κ1) is 20.7. The van der Waals surface area contributed by atoms with Crippen molar-refractivity contribution in [1.82, 2.24) is 0 Å². The van der Waals surface area contributed by atoms with Gasteiger partial charge in [0.15, 0.2) is 0 Å². The van der Waals surface area contributed by atoms with Gasteiger partial charge in [-0.15, -0.1) is 0 Å². The molecule has 0 aliphatic heterocycles. The summed E-state index contributed by atoms with van der Waals surface area (Å²) >= 11 is 6.69. The molecule has 0 aromatic heterocycles. The molecule has 3 rings (SSSR count). The van der Waals surface area contributed by atoms with E-state index in [-0.39, 0.29) is 0 Å². The first-order chi connectivity index (χ1) is 13.5. The van der Waals surface area contributed by atoms with Crippen molar-refractivity contribution in [2.75, 3.05) is 6.61 Å². The number of halogens is 2. The van der Waals surface area contributed by atoms with Crippen molar-refractivity contribution in [3.63, 3.8) is 0 Å². The van der Waals surface area contributed by atoms with Gasteiger partial charge in [-0.3, -0.25) is 0 Å². The lowest BCUT2D eigenvalue weighted by Gasteiger charge is -2.15. The Labute approximate surface area is 183 Å². The maximum atomic E-state index is 6.15. The van der Waals surface area contributed by atoms with Crippen LogP contribution in [0.5, 0.6) is 17.2 Å². The molecule has 0 aliphatic carbocycles. The molecule has 0 N–H and O–H groups in total. The zero-order valence-electron chi connectivity index (χ0n) is 15.9. The molecule has 28 heavy (non-hydrogen) atoms. The van der Waals surface area contributed by atoms with Gasteiger partial charge in [-0.1, -0.05) is 56.3 Å². The molecular weight excluding hydrogens is 480 g/mol. The molecule has 0 saturated heterocycles. The molecule has 3 aromatic rings. The van der Waals surface area contributed by atoms with Crippen LogP contribution >= 0.6 is 31.9 Å². The summed E-state index contributed by atoms with van der Waals surface area (Å²) in [6, 6.07) is 24.4. The molecule has 0 atom stereocenters. The highest BCUT2D eigenvalue weighted by Crippen LogP contribution is 2.33. The molecule has 3 aromatic carbocycles. The Morgan fingerprint density at radius 2 is 1.57 bits per heavy atom. The van der Waals surface area contributed by atoms with Gasteiger partial charge in [-0.05, 0) is 85.3 Å². The maximum absolute atomic E-state index is 6.15. The lowest BCUT2D eigenvalue weighted by Crippen LogP contribution is -2.00. The first-order valence-electron chi connectivity index (χ1n) is 9.14. The van der Waals surface area contributed by atoms with E-state index in [1.807, 2.05) is 48.5 Å². The van der Waals surface area contributed by atoms with E-state index in [2.05, 4.69) is 76.0 Å². The van der Waals surface area contributed by atoms with Crippen LogP contribution in [0.4, 0.5) is 0 Å². The van der Waals surface area contributed by atoms with Crippen molar-refractivity contribution >= 4 is 31.9 Å². The zero-order valence-corrected chi connectivity index (χ0v) is 19.0.